The minimum absolute atomic E-state index is 0.378. The summed E-state index contributed by atoms with van der Waals surface area (Å²) in [5.74, 6) is 1.23. The number of rotatable bonds is 4. The van der Waals surface area contributed by atoms with Gasteiger partial charge in [0.2, 0.25) is 0 Å². The maximum atomic E-state index is 12.0. The van der Waals surface area contributed by atoms with Crippen LogP contribution in [0.15, 0.2) is 20.1 Å². The highest BCUT2D eigenvalue weighted by atomic mass is 79.9. The van der Waals surface area contributed by atoms with Gasteiger partial charge in [-0.15, -0.1) is 11.3 Å². The third-order valence-electron chi connectivity index (χ3n) is 3.19. The zero-order chi connectivity index (χ0) is 12.5. The molecular formula is C11H16BrNO2S2. The van der Waals surface area contributed by atoms with Gasteiger partial charge in [-0.25, -0.2) is 13.1 Å². The number of hydrogen-bond donors (Lipinski definition) is 1. The normalized spacial score (nSPS) is 25.3. The van der Waals surface area contributed by atoms with E-state index in [0.717, 1.165) is 18.8 Å². The third kappa shape index (κ3) is 3.30. The lowest BCUT2D eigenvalue weighted by atomic mass is 10.1. The first kappa shape index (κ1) is 13.5. The molecule has 0 aromatic carbocycles. The highest BCUT2D eigenvalue weighted by Gasteiger charge is 2.24. The van der Waals surface area contributed by atoms with Gasteiger partial charge >= 0.3 is 0 Å². The summed E-state index contributed by atoms with van der Waals surface area (Å²) in [7, 11) is -3.33. The van der Waals surface area contributed by atoms with Crippen molar-refractivity contribution in [3.8, 4) is 0 Å². The fraction of sp³-hybridized carbons (Fsp3) is 0.636. The molecule has 0 saturated heterocycles. The molecule has 1 N–H and O–H groups in total. The highest BCUT2D eigenvalue weighted by molar-refractivity contribution is 9.10. The van der Waals surface area contributed by atoms with Crippen LogP contribution < -0.4 is 4.72 Å². The molecule has 0 spiro atoms. The molecule has 1 aliphatic carbocycles. The topological polar surface area (TPSA) is 46.2 Å². The summed E-state index contributed by atoms with van der Waals surface area (Å²) in [6.45, 7) is 2.79. The van der Waals surface area contributed by atoms with Crippen LogP contribution in [-0.4, -0.2) is 15.0 Å². The van der Waals surface area contributed by atoms with Gasteiger partial charge < -0.3 is 0 Å². The van der Waals surface area contributed by atoms with Gasteiger partial charge in [-0.05, 0) is 52.1 Å². The van der Waals surface area contributed by atoms with E-state index in [2.05, 4.69) is 27.6 Å². The molecule has 1 saturated carbocycles. The summed E-state index contributed by atoms with van der Waals surface area (Å²) in [6.07, 6.45) is 3.48. The lowest BCUT2D eigenvalue weighted by Crippen LogP contribution is -2.28. The zero-order valence-corrected chi connectivity index (χ0v) is 12.9. The van der Waals surface area contributed by atoms with Crippen molar-refractivity contribution in [2.75, 3.05) is 6.54 Å². The second-order valence-corrected chi connectivity index (χ2v) is 8.42. The predicted molar refractivity (Wildman–Crippen MR) is 73.7 cm³/mol. The molecule has 1 aromatic rings. The number of halogens is 1. The summed E-state index contributed by atoms with van der Waals surface area (Å²) >= 11 is 4.50. The van der Waals surface area contributed by atoms with E-state index < -0.39 is 10.0 Å². The van der Waals surface area contributed by atoms with Gasteiger partial charge in [-0.3, -0.25) is 0 Å². The van der Waals surface area contributed by atoms with Gasteiger partial charge in [0.15, 0.2) is 0 Å². The Morgan fingerprint density at radius 1 is 1.53 bits per heavy atom. The molecule has 96 valence electrons. The van der Waals surface area contributed by atoms with Crippen molar-refractivity contribution < 1.29 is 8.42 Å². The summed E-state index contributed by atoms with van der Waals surface area (Å²) in [5, 5.41) is 1.77. The van der Waals surface area contributed by atoms with Crippen LogP contribution in [0.4, 0.5) is 0 Å². The molecule has 0 bridgehead atoms. The van der Waals surface area contributed by atoms with Crippen LogP contribution in [0, 0.1) is 11.8 Å². The average molecular weight is 338 g/mol. The zero-order valence-electron chi connectivity index (χ0n) is 9.65. The van der Waals surface area contributed by atoms with E-state index in [4.69, 9.17) is 0 Å². The molecule has 0 aliphatic heterocycles. The predicted octanol–water partition coefficient (Wildman–Crippen LogP) is 3.23. The van der Waals surface area contributed by atoms with E-state index in [9.17, 15) is 8.42 Å². The number of nitrogens with one attached hydrogen (secondary N) is 1. The van der Waals surface area contributed by atoms with Crippen molar-refractivity contribution in [1.29, 1.82) is 0 Å². The second-order valence-electron chi connectivity index (χ2n) is 4.69. The smallest absolute Gasteiger partial charge is 0.210 e. The first-order valence-corrected chi connectivity index (χ1v) is 8.87. The highest BCUT2D eigenvalue weighted by Crippen LogP contribution is 2.31. The number of sulfonamides is 1. The molecule has 2 unspecified atom stereocenters. The molecule has 0 amide bonds. The van der Waals surface area contributed by atoms with Crippen LogP contribution in [0.1, 0.15) is 26.2 Å². The Labute approximate surface area is 115 Å². The molecule has 2 rings (SSSR count). The quantitative estimate of drug-likeness (QED) is 0.916. The Kier molecular flexibility index (Phi) is 4.28. The molecule has 1 aliphatic rings. The first-order valence-electron chi connectivity index (χ1n) is 5.71. The molecule has 2 atom stereocenters. The lowest BCUT2D eigenvalue weighted by Gasteiger charge is -2.11. The molecule has 1 heterocycles. The van der Waals surface area contributed by atoms with E-state index in [0.29, 0.717) is 21.1 Å². The fourth-order valence-electron chi connectivity index (χ4n) is 2.28. The third-order valence-corrected chi connectivity index (χ3v) is 7.29. The van der Waals surface area contributed by atoms with Gasteiger partial charge in [0.25, 0.3) is 10.0 Å². The maximum Gasteiger partial charge on any atom is 0.251 e. The van der Waals surface area contributed by atoms with Gasteiger partial charge in [-0.1, -0.05) is 13.3 Å². The summed E-state index contributed by atoms with van der Waals surface area (Å²) < 4.78 is 27.8. The standard InChI is InChI=1S/C11H16BrNO2S2/c1-8-2-3-9(6-8)7-13-17(14,15)11-10(12)4-5-16-11/h4-5,8-9,13H,2-3,6-7H2,1H3. The van der Waals surface area contributed by atoms with Crippen LogP contribution in [0.3, 0.4) is 0 Å². The first-order chi connectivity index (χ1) is 7.99. The Balaban J connectivity index is 1.97. The van der Waals surface area contributed by atoms with Crippen molar-refractivity contribution in [2.45, 2.75) is 30.4 Å². The summed E-state index contributed by atoms with van der Waals surface area (Å²) in [4.78, 5) is 0. The van der Waals surface area contributed by atoms with Crippen LogP contribution >= 0.6 is 27.3 Å². The van der Waals surface area contributed by atoms with Crippen LogP contribution in [0.5, 0.6) is 0 Å². The number of thiophene rings is 1. The number of hydrogen-bond acceptors (Lipinski definition) is 3. The second kappa shape index (κ2) is 5.38. The monoisotopic (exact) mass is 337 g/mol. The minimum atomic E-state index is -3.33. The van der Waals surface area contributed by atoms with Crippen LogP contribution in [0.2, 0.25) is 0 Å². The van der Waals surface area contributed by atoms with Gasteiger partial charge in [0, 0.05) is 11.0 Å². The van der Waals surface area contributed by atoms with E-state index in [-0.39, 0.29) is 0 Å². The van der Waals surface area contributed by atoms with Crippen molar-refractivity contribution in [1.82, 2.24) is 4.72 Å². The van der Waals surface area contributed by atoms with E-state index in [1.54, 1.807) is 11.4 Å². The van der Waals surface area contributed by atoms with Gasteiger partial charge in [0.05, 0.1) is 0 Å². The van der Waals surface area contributed by atoms with Crippen molar-refractivity contribution in [3.05, 3.63) is 15.9 Å². The van der Waals surface area contributed by atoms with Gasteiger partial charge in [0.1, 0.15) is 4.21 Å². The summed E-state index contributed by atoms with van der Waals surface area (Å²) in [6, 6.07) is 1.76. The molecule has 17 heavy (non-hydrogen) atoms. The molecule has 6 heteroatoms. The average Bonchev–Trinajstić information content (AvgIpc) is 2.85. The molecule has 1 aromatic heterocycles. The van der Waals surface area contributed by atoms with E-state index in [1.807, 2.05) is 0 Å². The van der Waals surface area contributed by atoms with Crippen molar-refractivity contribution in [3.63, 3.8) is 0 Å². The largest absolute Gasteiger partial charge is 0.251 e. The Morgan fingerprint density at radius 3 is 2.82 bits per heavy atom. The van der Waals surface area contributed by atoms with E-state index >= 15 is 0 Å². The SMILES string of the molecule is CC1CCC(CNS(=O)(=O)c2sccc2Br)C1. The molecular weight excluding hydrogens is 322 g/mol. The fourth-order valence-corrected chi connectivity index (χ4v) is 5.77. The molecule has 0 radical (unpaired) electrons. The minimum Gasteiger partial charge on any atom is -0.210 e. The summed E-state index contributed by atoms with van der Waals surface area (Å²) in [5.41, 5.74) is 0. The van der Waals surface area contributed by atoms with Crippen LogP contribution in [0.25, 0.3) is 0 Å². The Morgan fingerprint density at radius 2 is 2.29 bits per heavy atom. The molecule has 1 fully saturated rings. The van der Waals surface area contributed by atoms with Crippen molar-refractivity contribution >= 4 is 37.3 Å². The Hall–Kier alpha value is 0.0900. The van der Waals surface area contributed by atoms with Gasteiger partial charge in [-0.2, -0.15) is 0 Å². The molecule has 3 nitrogen and oxygen atoms in total. The van der Waals surface area contributed by atoms with Crippen molar-refractivity contribution in [2.24, 2.45) is 11.8 Å². The maximum absolute atomic E-state index is 12.0. The Bertz CT molecular complexity index is 483. The van der Waals surface area contributed by atoms with E-state index in [1.165, 1.54) is 17.8 Å². The lowest BCUT2D eigenvalue weighted by molar-refractivity contribution is 0.499. The van der Waals surface area contributed by atoms with Crippen LogP contribution in [-0.2, 0) is 10.0 Å².